The van der Waals surface area contributed by atoms with Crippen molar-refractivity contribution in [2.45, 2.75) is 63.4 Å². The summed E-state index contributed by atoms with van der Waals surface area (Å²) < 4.78 is 27.7. The molecule has 8 heteroatoms. The SMILES string of the molecule is Cc1ccc(S(=O)(=O)Nc2ccc(C(=O)NC(C)C(=O)NC3CCCC3)cc2)cc1C. The van der Waals surface area contributed by atoms with Crippen LogP contribution in [-0.4, -0.2) is 32.3 Å². The first-order valence-electron chi connectivity index (χ1n) is 10.5. The van der Waals surface area contributed by atoms with Crippen LogP contribution in [0.15, 0.2) is 47.4 Å². The molecule has 0 heterocycles. The predicted molar refractivity (Wildman–Crippen MR) is 120 cm³/mol. The summed E-state index contributed by atoms with van der Waals surface area (Å²) in [5.41, 5.74) is 2.60. The Morgan fingerprint density at radius 3 is 2.23 bits per heavy atom. The van der Waals surface area contributed by atoms with Gasteiger partial charge in [-0.2, -0.15) is 0 Å². The molecule has 1 aliphatic carbocycles. The Labute approximate surface area is 183 Å². The summed E-state index contributed by atoms with van der Waals surface area (Å²) in [6, 6.07) is 10.6. The number of carbonyl (C=O) groups is 2. The smallest absolute Gasteiger partial charge is 0.261 e. The van der Waals surface area contributed by atoms with E-state index in [1.807, 2.05) is 13.8 Å². The fourth-order valence-corrected chi connectivity index (χ4v) is 4.67. The summed E-state index contributed by atoms with van der Waals surface area (Å²) in [7, 11) is -3.73. The molecule has 1 unspecified atom stereocenters. The first-order valence-corrected chi connectivity index (χ1v) is 12.0. The minimum absolute atomic E-state index is 0.180. The number of hydrogen-bond acceptors (Lipinski definition) is 4. The zero-order chi connectivity index (χ0) is 22.6. The van der Waals surface area contributed by atoms with E-state index in [1.54, 1.807) is 25.1 Å². The van der Waals surface area contributed by atoms with E-state index in [4.69, 9.17) is 0 Å². The minimum atomic E-state index is -3.73. The van der Waals surface area contributed by atoms with Crippen molar-refractivity contribution in [3.8, 4) is 0 Å². The lowest BCUT2D eigenvalue weighted by Crippen LogP contribution is -2.47. The lowest BCUT2D eigenvalue weighted by Gasteiger charge is -2.18. The Morgan fingerprint density at radius 1 is 0.968 bits per heavy atom. The van der Waals surface area contributed by atoms with Gasteiger partial charge in [0, 0.05) is 17.3 Å². The molecule has 31 heavy (non-hydrogen) atoms. The van der Waals surface area contributed by atoms with Gasteiger partial charge in [-0.3, -0.25) is 14.3 Å². The molecule has 1 atom stereocenters. The van der Waals surface area contributed by atoms with Gasteiger partial charge in [-0.15, -0.1) is 0 Å². The number of carbonyl (C=O) groups excluding carboxylic acids is 2. The van der Waals surface area contributed by atoms with Gasteiger partial charge in [-0.25, -0.2) is 8.42 Å². The molecular weight excluding hydrogens is 414 g/mol. The van der Waals surface area contributed by atoms with Crippen molar-refractivity contribution in [1.82, 2.24) is 10.6 Å². The Bertz CT molecular complexity index is 1060. The monoisotopic (exact) mass is 443 g/mol. The van der Waals surface area contributed by atoms with Gasteiger partial charge < -0.3 is 10.6 Å². The van der Waals surface area contributed by atoms with Crippen LogP contribution in [0.2, 0.25) is 0 Å². The van der Waals surface area contributed by atoms with E-state index in [0.717, 1.165) is 36.8 Å². The Morgan fingerprint density at radius 2 is 1.61 bits per heavy atom. The van der Waals surface area contributed by atoms with Crippen LogP contribution in [0.25, 0.3) is 0 Å². The molecule has 0 aliphatic heterocycles. The molecule has 3 rings (SSSR count). The molecule has 166 valence electrons. The van der Waals surface area contributed by atoms with Crippen LogP contribution in [0.5, 0.6) is 0 Å². The molecule has 3 N–H and O–H groups in total. The van der Waals surface area contributed by atoms with Crippen molar-refractivity contribution >= 4 is 27.5 Å². The van der Waals surface area contributed by atoms with E-state index in [0.29, 0.717) is 11.3 Å². The van der Waals surface area contributed by atoms with Gasteiger partial charge in [-0.05, 0) is 81.1 Å². The van der Waals surface area contributed by atoms with Crippen molar-refractivity contribution in [2.75, 3.05) is 4.72 Å². The van der Waals surface area contributed by atoms with Crippen LogP contribution in [0.4, 0.5) is 5.69 Å². The Kier molecular flexibility index (Phi) is 7.00. The lowest BCUT2D eigenvalue weighted by atomic mass is 10.1. The van der Waals surface area contributed by atoms with Crippen LogP contribution in [0.1, 0.15) is 54.1 Å². The van der Waals surface area contributed by atoms with Gasteiger partial charge in [0.05, 0.1) is 4.90 Å². The average molecular weight is 444 g/mol. The summed E-state index contributed by atoms with van der Waals surface area (Å²) in [6.07, 6.45) is 4.19. The Balaban J connectivity index is 1.60. The van der Waals surface area contributed by atoms with Gasteiger partial charge >= 0.3 is 0 Å². The zero-order valence-electron chi connectivity index (χ0n) is 18.1. The molecule has 0 radical (unpaired) electrons. The van der Waals surface area contributed by atoms with Crippen molar-refractivity contribution < 1.29 is 18.0 Å². The van der Waals surface area contributed by atoms with Crippen molar-refractivity contribution in [1.29, 1.82) is 0 Å². The van der Waals surface area contributed by atoms with E-state index in [2.05, 4.69) is 15.4 Å². The molecule has 1 fully saturated rings. The molecule has 2 amide bonds. The fraction of sp³-hybridized carbons (Fsp3) is 0.391. The molecule has 0 saturated heterocycles. The third-order valence-electron chi connectivity index (χ3n) is 5.63. The maximum Gasteiger partial charge on any atom is 0.261 e. The maximum atomic E-state index is 12.6. The first kappa shape index (κ1) is 22.8. The molecule has 1 saturated carbocycles. The largest absolute Gasteiger partial charge is 0.352 e. The Hall–Kier alpha value is -2.87. The minimum Gasteiger partial charge on any atom is -0.352 e. The highest BCUT2D eigenvalue weighted by Gasteiger charge is 2.22. The number of benzene rings is 2. The second-order valence-corrected chi connectivity index (χ2v) is 9.80. The number of anilines is 1. The topological polar surface area (TPSA) is 104 Å². The molecular formula is C23H29N3O4S. The van der Waals surface area contributed by atoms with Crippen LogP contribution >= 0.6 is 0 Å². The maximum absolute atomic E-state index is 12.6. The second-order valence-electron chi connectivity index (χ2n) is 8.11. The highest BCUT2D eigenvalue weighted by atomic mass is 32.2. The average Bonchev–Trinajstić information content (AvgIpc) is 3.23. The fourth-order valence-electron chi connectivity index (χ4n) is 3.53. The summed E-state index contributed by atoms with van der Waals surface area (Å²) in [4.78, 5) is 24.9. The first-order chi connectivity index (χ1) is 14.7. The normalized spacial score (nSPS) is 15.3. The molecule has 2 aromatic carbocycles. The van der Waals surface area contributed by atoms with Crippen LogP contribution in [-0.2, 0) is 14.8 Å². The molecule has 7 nitrogen and oxygen atoms in total. The predicted octanol–water partition coefficient (Wildman–Crippen LogP) is 3.28. The van der Waals surface area contributed by atoms with Gasteiger partial charge in [0.2, 0.25) is 5.91 Å². The van der Waals surface area contributed by atoms with Gasteiger partial charge in [0.25, 0.3) is 15.9 Å². The standard InChI is InChI=1S/C23H29N3O4S/c1-15-8-13-21(14-16(15)2)31(29,30)26-20-11-9-18(10-12-20)23(28)24-17(3)22(27)25-19-6-4-5-7-19/h8-14,17,19,26H,4-7H2,1-3H3,(H,24,28)(H,25,27). The van der Waals surface area contributed by atoms with Crippen molar-refractivity contribution in [3.63, 3.8) is 0 Å². The zero-order valence-corrected chi connectivity index (χ0v) is 18.9. The van der Waals surface area contributed by atoms with Crippen molar-refractivity contribution in [2.24, 2.45) is 0 Å². The van der Waals surface area contributed by atoms with Gasteiger partial charge in [-0.1, -0.05) is 18.9 Å². The number of aryl methyl sites for hydroxylation is 2. The van der Waals surface area contributed by atoms with E-state index < -0.39 is 22.0 Å². The van der Waals surface area contributed by atoms with Crippen LogP contribution < -0.4 is 15.4 Å². The summed E-state index contributed by atoms with van der Waals surface area (Å²) in [6.45, 7) is 5.42. The third-order valence-corrected chi connectivity index (χ3v) is 7.01. The summed E-state index contributed by atoms with van der Waals surface area (Å²) in [5, 5.41) is 5.65. The van der Waals surface area contributed by atoms with Gasteiger partial charge in [0.15, 0.2) is 0 Å². The molecule has 1 aliphatic rings. The number of hydrogen-bond donors (Lipinski definition) is 3. The summed E-state index contributed by atoms with van der Waals surface area (Å²) in [5.74, 6) is -0.587. The van der Waals surface area contributed by atoms with E-state index in [-0.39, 0.29) is 16.8 Å². The van der Waals surface area contributed by atoms with E-state index in [1.165, 1.54) is 24.3 Å². The van der Waals surface area contributed by atoms with E-state index >= 15 is 0 Å². The second kappa shape index (κ2) is 9.51. The lowest BCUT2D eigenvalue weighted by molar-refractivity contribution is -0.123. The van der Waals surface area contributed by atoms with E-state index in [9.17, 15) is 18.0 Å². The highest BCUT2D eigenvalue weighted by molar-refractivity contribution is 7.92. The number of amides is 2. The number of sulfonamides is 1. The summed E-state index contributed by atoms with van der Waals surface area (Å²) >= 11 is 0. The number of rotatable bonds is 7. The van der Waals surface area contributed by atoms with Gasteiger partial charge in [0.1, 0.15) is 6.04 Å². The molecule has 0 aromatic heterocycles. The third kappa shape index (κ3) is 5.85. The van der Waals surface area contributed by atoms with Crippen LogP contribution in [0, 0.1) is 13.8 Å². The molecule has 0 spiro atoms. The number of nitrogens with one attached hydrogen (secondary N) is 3. The quantitative estimate of drug-likeness (QED) is 0.611. The highest BCUT2D eigenvalue weighted by Crippen LogP contribution is 2.20. The van der Waals surface area contributed by atoms with Crippen molar-refractivity contribution in [3.05, 3.63) is 59.2 Å². The molecule has 0 bridgehead atoms. The van der Waals surface area contributed by atoms with Crippen LogP contribution in [0.3, 0.4) is 0 Å². The molecule has 2 aromatic rings.